The molecule has 1 unspecified atom stereocenters. The molecule has 4 rings (SSSR count). The summed E-state index contributed by atoms with van der Waals surface area (Å²) in [5, 5.41) is 32.6. The molecule has 1 aromatic carbocycles. The number of likely N-dealkylation sites (tertiary alicyclic amines) is 1. The molecule has 0 bridgehead atoms. The van der Waals surface area contributed by atoms with Crippen LogP contribution in [0.1, 0.15) is 64.7 Å². The molecule has 0 spiro atoms. The smallest absolute Gasteiger partial charge is 0.326 e. The molecular weight excluding hydrogens is 668 g/mol. The average Bonchev–Trinajstić information content (AvgIpc) is 3.34. The number of nitrogens with one attached hydrogen (secondary N) is 4. The number of unbranched alkanes of at least 4 members (excludes halogenated alkanes) is 1. The number of sulfonamides is 2. The van der Waals surface area contributed by atoms with E-state index in [4.69, 9.17) is 16.7 Å². The van der Waals surface area contributed by atoms with Gasteiger partial charge in [0.25, 0.3) is 0 Å². The molecule has 46 heavy (non-hydrogen) atoms. The van der Waals surface area contributed by atoms with Gasteiger partial charge in [-0.1, -0.05) is 24.4 Å². The number of carbonyl (C=O) groups excluding carboxylic acids is 2. The second kappa shape index (κ2) is 14.4. The standard InChI is InChI=1S/C27H39ClN6O10S2/c1-14(25(36)34-19-8-3-2-6-15(19)10-20(34)27(39)40)31-17(26(37)38)7-4-5-9-30-24(35)13-23-32-18-11-16(28)21(45(29,41)42)12-22(18)46(43,44)33-23/h11-12,14-15,17,19-20,23,31-33H,2-10,13H2,1H3,(H,30,35)(H,37,38)(H,39,40)(H2,29,41,42)/t14-,15+,17-,19+,20-,23?/m0/s1. The Bertz CT molecular complexity index is 1590. The molecule has 256 valence electrons. The molecule has 0 radical (unpaired) electrons. The van der Waals surface area contributed by atoms with Gasteiger partial charge in [0.1, 0.15) is 21.9 Å². The number of aliphatic carboxylic acids is 2. The predicted octanol–water partition coefficient (Wildman–Crippen LogP) is 0.370. The Labute approximate surface area is 271 Å². The van der Waals surface area contributed by atoms with Crippen molar-refractivity contribution in [1.82, 2.24) is 20.3 Å². The van der Waals surface area contributed by atoms with Crippen LogP contribution in [0.3, 0.4) is 0 Å². The van der Waals surface area contributed by atoms with Crippen molar-refractivity contribution in [3.05, 3.63) is 17.2 Å². The normalized spacial score (nSPS) is 25.0. The Kier molecular flexibility index (Phi) is 11.2. The Balaban J connectivity index is 1.24. The number of rotatable bonds is 13. The van der Waals surface area contributed by atoms with Gasteiger partial charge in [0, 0.05) is 12.6 Å². The van der Waals surface area contributed by atoms with Crippen LogP contribution in [0.25, 0.3) is 0 Å². The van der Waals surface area contributed by atoms with Gasteiger partial charge in [0.05, 0.1) is 29.3 Å². The zero-order chi connectivity index (χ0) is 34.0. The summed E-state index contributed by atoms with van der Waals surface area (Å²) in [6.45, 7) is 1.70. The summed E-state index contributed by atoms with van der Waals surface area (Å²) in [7, 11) is -8.49. The van der Waals surface area contributed by atoms with Gasteiger partial charge in [-0.2, -0.15) is 4.72 Å². The number of nitrogens with two attached hydrogens (primary N) is 1. The van der Waals surface area contributed by atoms with Crippen LogP contribution in [-0.4, -0.2) is 92.6 Å². The van der Waals surface area contributed by atoms with Gasteiger partial charge < -0.3 is 25.7 Å². The molecule has 2 heterocycles. The van der Waals surface area contributed by atoms with Gasteiger partial charge in [0.15, 0.2) is 0 Å². The zero-order valence-corrected chi connectivity index (χ0v) is 27.5. The van der Waals surface area contributed by atoms with Crippen LogP contribution in [-0.2, 0) is 39.2 Å². The van der Waals surface area contributed by atoms with Crippen molar-refractivity contribution in [3.8, 4) is 0 Å². The second-order valence-electron chi connectivity index (χ2n) is 11.9. The summed E-state index contributed by atoms with van der Waals surface area (Å²) < 4.78 is 51.1. The van der Waals surface area contributed by atoms with E-state index in [1.165, 1.54) is 11.8 Å². The monoisotopic (exact) mass is 706 g/mol. The van der Waals surface area contributed by atoms with Crippen LogP contribution in [0.4, 0.5) is 5.69 Å². The minimum atomic E-state index is -4.29. The van der Waals surface area contributed by atoms with Crippen LogP contribution < -0.4 is 25.8 Å². The van der Waals surface area contributed by atoms with E-state index in [1.807, 2.05) is 0 Å². The van der Waals surface area contributed by atoms with E-state index in [-0.39, 0.29) is 42.1 Å². The third-order valence-corrected chi connectivity index (χ3v) is 11.5. The molecule has 1 saturated heterocycles. The maximum Gasteiger partial charge on any atom is 0.326 e. The third-order valence-electron chi connectivity index (χ3n) is 8.64. The highest BCUT2D eigenvalue weighted by Crippen LogP contribution is 2.40. The molecule has 6 atom stereocenters. The third kappa shape index (κ3) is 8.27. The quantitative estimate of drug-likeness (QED) is 0.137. The first kappa shape index (κ1) is 35.8. The molecule has 19 heteroatoms. The fourth-order valence-corrected chi connectivity index (χ4v) is 8.98. The summed E-state index contributed by atoms with van der Waals surface area (Å²) in [6.07, 6.45) is 3.42. The van der Waals surface area contributed by atoms with Crippen LogP contribution in [0.15, 0.2) is 21.9 Å². The number of hydrogen-bond donors (Lipinski definition) is 7. The van der Waals surface area contributed by atoms with Crippen LogP contribution in [0.2, 0.25) is 5.02 Å². The summed E-state index contributed by atoms with van der Waals surface area (Å²) in [5.74, 6) is -3.03. The highest BCUT2D eigenvalue weighted by molar-refractivity contribution is 7.90. The lowest BCUT2D eigenvalue weighted by Crippen LogP contribution is -2.55. The molecule has 2 fully saturated rings. The SMILES string of the molecule is C[C@H](N[C@@H](CCCCNC(=O)CC1Nc2cc(Cl)c(S(N)(=O)=O)cc2S(=O)(=O)N1)C(=O)O)C(=O)N1[C@@H]2CCCC[C@@H]2C[C@H]1C(=O)O. The molecule has 1 aromatic rings. The lowest BCUT2D eigenvalue weighted by atomic mass is 9.84. The van der Waals surface area contributed by atoms with Crippen molar-refractivity contribution < 1.29 is 46.2 Å². The number of hydrogen-bond acceptors (Lipinski definition) is 10. The number of primary sulfonamides is 1. The van der Waals surface area contributed by atoms with Gasteiger partial charge in [-0.05, 0) is 63.5 Å². The molecule has 0 aromatic heterocycles. The van der Waals surface area contributed by atoms with Gasteiger partial charge in [-0.25, -0.2) is 26.8 Å². The molecule has 1 saturated carbocycles. The van der Waals surface area contributed by atoms with Crippen molar-refractivity contribution >= 4 is 61.1 Å². The van der Waals surface area contributed by atoms with E-state index in [9.17, 15) is 46.2 Å². The van der Waals surface area contributed by atoms with E-state index >= 15 is 0 Å². The molecule has 1 aliphatic carbocycles. The molecule has 3 aliphatic rings. The summed E-state index contributed by atoms with van der Waals surface area (Å²) in [5.41, 5.74) is -0.00403. The number of carbonyl (C=O) groups is 4. The van der Waals surface area contributed by atoms with Crippen LogP contribution >= 0.6 is 11.6 Å². The number of fused-ring (bicyclic) bond motifs is 2. The number of anilines is 1. The second-order valence-corrected chi connectivity index (χ2v) is 15.5. The number of nitrogens with zero attached hydrogens (tertiary/aromatic N) is 1. The Morgan fingerprint density at radius 1 is 1.15 bits per heavy atom. The van der Waals surface area contributed by atoms with Crippen molar-refractivity contribution in [2.24, 2.45) is 11.1 Å². The maximum absolute atomic E-state index is 13.3. The van der Waals surface area contributed by atoms with Gasteiger partial charge in [-0.3, -0.25) is 19.7 Å². The molecule has 2 amide bonds. The van der Waals surface area contributed by atoms with Crippen molar-refractivity contribution in [3.63, 3.8) is 0 Å². The van der Waals surface area contributed by atoms with Crippen molar-refractivity contribution in [2.45, 2.75) is 105 Å². The van der Waals surface area contributed by atoms with Gasteiger partial charge >= 0.3 is 11.9 Å². The van der Waals surface area contributed by atoms with Crippen LogP contribution in [0, 0.1) is 5.92 Å². The number of halogens is 1. The van der Waals surface area contributed by atoms with Crippen molar-refractivity contribution in [2.75, 3.05) is 11.9 Å². The lowest BCUT2D eigenvalue weighted by Gasteiger charge is -2.35. The largest absolute Gasteiger partial charge is 0.480 e. The first-order chi connectivity index (χ1) is 21.5. The summed E-state index contributed by atoms with van der Waals surface area (Å²) >= 11 is 5.97. The Hall–Kier alpha value is -3.03. The number of amides is 2. The van der Waals surface area contributed by atoms with E-state index in [0.29, 0.717) is 19.3 Å². The first-order valence-electron chi connectivity index (χ1n) is 15.0. The summed E-state index contributed by atoms with van der Waals surface area (Å²) in [4.78, 5) is 50.2. The maximum atomic E-state index is 13.3. The van der Waals surface area contributed by atoms with Gasteiger partial charge in [-0.15, -0.1) is 0 Å². The number of carboxylic acid groups (broad SMARTS) is 2. The van der Waals surface area contributed by atoms with Gasteiger partial charge in [0.2, 0.25) is 31.9 Å². The first-order valence-corrected chi connectivity index (χ1v) is 18.4. The molecule has 8 N–H and O–H groups in total. The van der Waals surface area contributed by atoms with E-state index in [2.05, 4.69) is 20.7 Å². The van der Waals surface area contributed by atoms with E-state index in [1.54, 1.807) is 0 Å². The fourth-order valence-electron chi connectivity index (χ4n) is 6.48. The Morgan fingerprint density at radius 2 is 1.85 bits per heavy atom. The molecular formula is C27H39ClN6O10S2. The summed E-state index contributed by atoms with van der Waals surface area (Å²) in [6, 6.07) is -1.14. The number of carboxylic acids is 2. The molecule has 16 nitrogen and oxygen atoms in total. The average molecular weight is 707 g/mol. The van der Waals surface area contributed by atoms with Crippen LogP contribution in [0.5, 0.6) is 0 Å². The fraction of sp³-hybridized carbons (Fsp3) is 0.630. The van der Waals surface area contributed by atoms with Crippen molar-refractivity contribution in [1.29, 1.82) is 0 Å². The Morgan fingerprint density at radius 3 is 2.50 bits per heavy atom. The highest BCUT2D eigenvalue weighted by Gasteiger charge is 2.48. The topological polar surface area (TPSA) is 254 Å². The minimum absolute atomic E-state index is 0.00403. The number of benzene rings is 1. The zero-order valence-electron chi connectivity index (χ0n) is 25.1. The van der Waals surface area contributed by atoms with E-state index < -0.39 is 77.9 Å². The minimum Gasteiger partial charge on any atom is -0.480 e. The molecule has 2 aliphatic heterocycles. The predicted molar refractivity (Wildman–Crippen MR) is 165 cm³/mol. The lowest BCUT2D eigenvalue weighted by molar-refractivity contribution is -0.151. The highest BCUT2D eigenvalue weighted by atomic mass is 35.5. The van der Waals surface area contributed by atoms with E-state index in [0.717, 1.165) is 37.8 Å².